The molecule has 1 nitrogen and oxygen atoms in total. The maximum atomic E-state index is 12.8. The van der Waals surface area contributed by atoms with E-state index < -0.39 is 0 Å². The highest BCUT2D eigenvalue weighted by Gasteiger charge is 2.16. The smallest absolute Gasteiger partial charge is 0.173 e. The lowest BCUT2D eigenvalue weighted by Crippen LogP contribution is -1.99. The summed E-state index contributed by atoms with van der Waals surface area (Å²) in [5, 5.41) is 0. The van der Waals surface area contributed by atoms with Crippen LogP contribution < -0.4 is 0 Å². The molecule has 0 aliphatic carbocycles. The van der Waals surface area contributed by atoms with Crippen molar-refractivity contribution >= 4 is 17.1 Å². The van der Waals surface area contributed by atoms with Crippen LogP contribution in [0.15, 0.2) is 48.5 Å². The van der Waals surface area contributed by atoms with Crippen molar-refractivity contribution in [1.29, 1.82) is 0 Å². The minimum atomic E-state index is 0.253. The minimum Gasteiger partial charge on any atom is -0.293 e. The van der Waals surface area contributed by atoms with Gasteiger partial charge in [-0.3, -0.25) is 4.79 Å². The monoisotopic (exact) mass is 362 g/mol. The second-order valence-corrected chi connectivity index (χ2v) is 8.17. The highest BCUT2D eigenvalue weighted by atomic mass is 32.1. The van der Waals surface area contributed by atoms with E-state index in [2.05, 4.69) is 76.2 Å². The molecule has 0 spiro atoms. The molecular formula is C24H26OS. The molecule has 134 valence electrons. The third-order valence-electron chi connectivity index (χ3n) is 4.76. The number of benzene rings is 2. The fourth-order valence-electron chi connectivity index (χ4n) is 3.53. The highest BCUT2D eigenvalue weighted by Crippen LogP contribution is 2.34. The van der Waals surface area contributed by atoms with Gasteiger partial charge in [0.25, 0.3) is 0 Å². The van der Waals surface area contributed by atoms with Gasteiger partial charge in [0.2, 0.25) is 0 Å². The lowest BCUT2D eigenvalue weighted by Gasteiger charge is -2.05. The highest BCUT2D eigenvalue weighted by molar-refractivity contribution is 7.14. The van der Waals surface area contributed by atoms with Crippen LogP contribution in [-0.4, -0.2) is 5.78 Å². The summed E-state index contributed by atoms with van der Waals surface area (Å²) in [6.45, 7) is 8.52. The number of thiophene rings is 1. The fraction of sp³-hybridized carbons (Fsp3) is 0.292. The van der Waals surface area contributed by atoms with Gasteiger partial charge in [0.15, 0.2) is 5.78 Å². The first-order valence-corrected chi connectivity index (χ1v) is 10.1. The first-order valence-electron chi connectivity index (χ1n) is 9.27. The van der Waals surface area contributed by atoms with E-state index in [-0.39, 0.29) is 5.78 Å². The number of rotatable bonds is 6. The number of ketones is 1. The Balaban J connectivity index is 1.81. The molecular weight excluding hydrogens is 336 g/mol. The van der Waals surface area contributed by atoms with Gasteiger partial charge in [0.1, 0.15) is 0 Å². The van der Waals surface area contributed by atoms with Gasteiger partial charge in [0.05, 0.1) is 4.88 Å². The summed E-state index contributed by atoms with van der Waals surface area (Å²) in [6.07, 6.45) is 2.33. The zero-order valence-corrected chi connectivity index (χ0v) is 16.9. The molecule has 26 heavy (non-hydrogen) atoms. The summed E-state index contributed by atoms with van der Waals surface area (Å²) in [6, 6.07) is 17.1. The molecule has 0 aliphatic rings. The van der Waals surface area contributed by atoms with E-state index in [0.717, 1.165) is 17.7 Å². The van der Waals surface area contributed by atoms with Crippen LogP contribution in [-0.2, 0) is 12.8 Å². The van der Waals surface area contributed by atoms with E-state index in [9.17, 15) is 4.79 Å². The predicted octanol–water partition coefficient (Wildman–Crippen LogP) is 6.72. The molecule has 1 heterocycles. The number of carbonyl (C=O) groups is 1. The Morgan fingerprint density at radius 2 is 1.62 bits per heavy atom. The van der Waals surface area contributed by atoms with Crippen LogP contribution in [0.2, 0.25) is 0 Å². The molecule has 0 radical (unpaired) electrons. The summed E-state index contributed by atoms with van der Waals surface area (Å²) in [7, 11) is 0. The standard InChI is InChI=1S/C24H26OS/c1-5-23-21(20-9-7-6-8-18(20)4)15-24(26-23)22(25)11-10-19-13-16(2)12-17(3)14-19/h6-9,12-15H,5,10-11H2,1-4H3. The van der Waals surface area contributed by atoms with Gasteiger partial charge in [-0.1, -0.05) is 60.5 Å². The summed E-state index contributed by atoms with van der Waals surface area (Å²) in [5.74, 6) is 0.253. The summed E-state index contributed by atoms with van der Waals surface area (Å²) in [4.78, 5) is 15.0. The lowest BCUT2D eigenvalue weighted by atomic mass is 9.99. The number of hydrogen-bond donors (Lipinski definition) is 0. The van der Waals surface area contributed by atoms with Crippen LogP contribution >= 0.6 is 11.3 Å². The van der Waals surface area contributed by atoms with E-state index in [1.807, 2.05) is 0 Å². The van der Waals surface area contributed by atoms with Gasteiger partial charge in [0, 0.05) is 11.3 Å². The Hall–Kier alpha value is -2.19. The molecule has 0 amide bonds. The van der Waals surface area contributed by atoms with Crippen LogP contribution in [0, 0.1) is 20.8 Å². The molecule has 0 saturated carbocycles. The second-order valence-electron chi connectivity index (χ2n) is 7.04. The topological polar surface area (TPSA) is 17.1 Å². The van der Waals surface area contributed by atoms with Gasteiger partial charge >= 0.3 is 0 Å². The Kier molecular flexibility index (Phi) is 5.73. The first kappa shape index (κ1) is 18.6. The SMILES string of the molecule is CCc1sc(C(=O)CCc2cc(C)cc(C)c2)cc1-c1ccccc1C. The van der Waals surface area contributed by atoms with Crippen LogP contribution in [0.5, 0.6) is 0 Å². The maximum Gasteiger partial charge on any atom is 0.173 e. The maximum absolute atomic E-state index is 12.8. The van der Waals surface area contributed by atoms with Gasteiger partial charge in [-0.25, -0.2) is 0 Å². The predicted molar refractivity (Wildman–Crippen MR) is 112 cm³/mol. The van der Waals surface area contributed by atoms with Crippen molar-refractivity contribution in [2.45, 2.75) is 47.0 Å². The number of carbonyl (C=O) groups excluding carboxylic acids is 1. The zero-order valence-electron chi connectivity index (χ0n) is 16.1. The van der Waals surface area contributed by atoms with Crippen molar-refractivity contribution in [3.8, 4) is 11.1 Å². The third kappa shape index (κ3) is 4.13. The second kappa shape index (κ2) is 8.01. The largest absolute Gasteiger partial charge is 0.293 e. The molecule has 2 aromatic carbocycles. The average Bonchev–Trinajstić information content (AvgIpc) is 3.03. The van der Waals surface area contributed by atoms with Crippen LogP contribution in [0.4, 0.5) is 0 Å². The molecule has 2 heteroatoms. The van der Waals surface area contributed by atoms with E-state index in [1.165, 1.54) is 38.3 Å². The fourth-order valence-corrected chi connectivity index (χ4v) is 4.61. The van der Waals surface area contributed by atoms with Crippen molar-refractivity contribution in [2.24, 2.45) is 0 Å². The van der Waals surface area contributed by atoms with Crippen molar-refractivity contribution in [3.05, 3.63) is 80.5 Å². The quantitative estimate of drug-likeness (QED) is 0.445. The van der Waals surface area contributed by atoms with Crippen molar-refractivity contribution < 1.29 is 4.79 Å². The van der Waals surface area contributed by atoms with Gasteiger partial charge in [-0.2, -0.15) is 0 Å². The molecule has 3 aromatic rings. The van der Waals surface area contributed by atoms with Gasteiger partial charge in [-0.05, 0) is 61.9 Å². The molecule has 0 N–H and O–H groups in total. The Bertz CT molecular complexity index is 913. The van der Waals surface area contributed by atoms with Crippen LogP contribution in [0.25, 0.3) is 11.1 Å². The molecule has 3 rings (SSSR count). The normalized spacial score (nSPS) is 10.9. The molecule has 0 fully saturated rings. The molecule has 0 saturated heterocycles. The van der Waals surface area contributed by atoms with E-state index >= 15 is 0 Å². The van der Waals surface area contributed by atoms with Crippen LogP contribution in [0.3, 0.4) is 0 Å². The molecule has 0 atom stereocenters. The zero-order chi connectivity index (χ0) is 18.7. The van der Waals surface area contributed by atoms with E-state index in [4.69, 9.17) is 0 Å². The number of aryl methyl sites for hydroxylation is 5. The molecule has 1 aromatic heterocycles. The van der Waals surface area contributed by atoms with Crippen LogP contribution in [0.1, 0.15) is 50.1 Å². The van der Waals surface area contributed by atoms with E-state index in [1.54, 1.807) is 11.3 Å². The lowest BCUT2D eigenvalue weighted by molar-refractivity contribution is 0.0986. The number of hydrogen-bond acceptors (Lipinski definition) is 2. The van der Waals surface area contributed by atoms with Crippen molar-refractivity contribution in [3.63, 3.8) is 0 Å². The molecule has 0 bridgehead atoms. The minimum absolute atomic E-state index is 0.253. The molecule has 0 unspecified atom stereocenters. The Labute approximate surface area is 160 Å². The Morgan fingerprint density at radius 3 is 2.27 bits per heavy atom. The third-order valence-corrected chi connectivity index (χ3v) is 6.08. The summed E-state index contributed by atoms with van der Waals surface area (Å²) < 4.78 is 0. The Morgan fingerprint density at radius 1 is 0.923 bits per heavy atom. The number of Topliss-reactive ketones (excluding diaryl/α,β-unsaturated/α-hetero) is 1. The van der Waals surface area contributed by atoms with Crippen molar-refractivity contribution in [2.75, 3.05) is 0 Å². The summed E-state index contributed by atoms with van der Waals surface area (Å²) in [5.41, 5.74) is 7.51. The first-order chi connectivity index (χ1) is 12.5. The average molecular weight is 363 g/mol. The molecule has 0 aliphatic heterocycles. The summed E-state index contributed by atoms with van der Waals surface area (Å²) >= 11 is 1.66. The van der Waals surface area contributed by atoms with Crippen molar-refractivity contribution in [1.82, 2.24) is 0 Å². The van der Waals surface area contributed by atoms with E-state index in [0.29, 0.717) is 6.42 Å². The van der Waals surface area contributed by atoms with Gasteiger partial charge in [-0.15, -0.1) is 11.3 Å². The van der Waals surface area contributed by atoms with Gasteiger partial charge < -0.3 is 0 Å².